The molecule has 0 fully saturated rings. The average Bonchev–Trinajstić information content (AvgIpc) is 1.62. The van der Waals surface area contributed by atoms with E-state index in [-0.39, 0.29) is 60.3 Å². The quantitative estimate of drug-likeness (QED) is 0.130. The zero-order valence-electron chi connectivity index (χ0n) is 66.5. The number of pyridine rings is 6. The minimum Gasteiger partial charge on any atom is -0.501 e. The summed E-state index contributed by atoms with van der Waals surface area (Å²) in [5, 5.41) is 6.70. The maximum absolute atomic E-state index is 6.01. The Hall–Kier alpha value is -13.1. The molecule has 120 heavy (non-hydrogen) atoms. The van der Waals surface area contributed by atoms with E-state index in [4.69, 9.17) is 13.3 Å². The summed E-state index contributed by atoms with van der Waals surface area (Å²) in [5.41, 5.74) is 31.4. The Morgan fingerprint density at radius 1 is 0.233 bits per heavy atom. The van der Waals surface area contributed by atoms with Crippen molar-refractivity contribution in [3.63, 3.8) is 0 Å². The summed E-state index contributed by atoms with van der Waals surface area (Å²) in [5.74, 6) is 0. The number of hydrogen-bond acceptors (Lipinski definition) is 9. The summed E-state index contributed by atoms with van der Waals surface area (Å²) < 4.78 is 17.7. The van der Waals surface area contributed by atoms with Crippen molar-refractivity contribution in [3.05, 3.63) is 435 Å². The summed E-state index contributed by atoms with van der Waals surface area (Å²) in [6.07, 6.45) is 11.3. The van der Waals surface area contributed by atoms with Gasteiger partial charge in [0.25, 0.3) is 0 Å². The Bertz CT molecular complexity index is 6650. The summed E-state index contributed by atoms with van der Waals surface area (Å²) in [7, 11) is 0. The van der Waals surface area contributed by atoms with Gasteiger partial charge in [0.2, 0.25) is 0 Å². The van der Waals surface area contributed by atoms with E-state index in [1.807, 2.05) is 268 Å². The third-order valence-electron chi connectivity index (χ3n) is 20.1. The molecule has 0 unspecified atom stereocenters. The molecule has 3 radical (unpaired) electrons. The first-order chi connectivity index (χ1) is 57.5. The number of aromatic nitrogens is 6. The zero-order chi connectivity index (χ0) is 79.8. The van der Waals surface area contributed by atoms with Crippen molar-refractivity contribution < 1.29 is 73.6 Å². The SMILES string of the molecule is Cc1cc(-c2[c-]cccc2)ncc1-c1ccccc1.Cc1cc(-c2[c-]cccc2)ncc1-c1ccccc1.Cc1cc(-c2[c-]cccc2)ncc1-c1ccccc1.Cc1ccnc(-c2[c-]cc3c(c2)oc2ccccc23)c1.Cc1ccnc(-c2[c-]cc3oc4ccccc4c3c2)c1.Cc1ccnc(-c2[c-]ccc3c2oc2ccccc23)c1.[Ir].[Ir].[Ir]. The number of aryl methyl sites for hydroxylation is 6. The fourth-order valence-corrected chi connectivity index (χ4v) is 14.1. The van der Waals surface area contributed by atoms with Crippen LogP contribution in [0.1, 0.15) is 33.4 Å². The summed E-state index contributed by atoms with van der Waals surface area (Å²) in [6.45, 7) is 12.6. The summed E-state index contributed by atoms with van der Waals surface area (Å²) >= 11 is 0. The topological polar surface area (TPSA) is 117 Å². The Balaban J connectivity index is 0.000000124. The molecule has 0 atom stereocenters. The van der Waals surface area contributed by atoms with E-state index in [0.717, 1.165) is 133 Å². The van der Waals surface area contributed by atoms with Gasteiger partial charge in [-0.1, -0.05) is 226 Å². The fourth-order valence-electron chi connectivity index (χ4n) is 14.1. The van der Waals surface area contributed by atoms with Crippen molar-refractivity contribution in [1.82, 2.24) is 29.9 Å². The molecule has 0 aliphatic carbocycles. The van der Waals surface area contributed by atoms with Crippen molar-refractivity contribution in [2.24, 2.45) is 0 Å². The van der Waals surface area contributed by atoms with Gasteiger partial charge in [-0.05, 0) is 151 Å². The zero-order valence-corrected chi connectivity index (χ0v) is 73.7. The van der Waals surface area contributed by atoms with Crippen molar-refractivity contribution in [3.8, 4) is 101 Å². The van der Waals surface area contributed by atoms with Crippen molar-refractivity contribution in [2.75, 3.05) is 0 Å². The van der Waals surface area contributed by atoms with Crippen LogP contribution < -0.4 is 0 Å². The van der Waals surface area contributed by atoms with E-state index in [9.17, 15) is 0 Å². The first kappa shape index (κ1) is 84.8. The van der Waals surface area contributed by atoms with E-state index >= 15 is 0 Å². The Kier molecular flexibility index (Phi) is 28.5. The van der Waals surface area contributed by atoms with Gasteiger partial charge in [0.15, 0.2) is 0 Å². The molecule has 0 bridgehead atoms. The molecule has 9 nitrogen and oxygen atoms in total. The first-order valence-corrected chi connectivity index (χ1v) is 38.7. The van der Waals surface area contributed by atoms with Gasteiger partial charge in [-0.3, -0.25) is 0 Å². The van der Waals surface area contributed by atoms with Crippen molar-refractivity contribution in [1.29, 1.82) is 0 Å². The number of para-hydroxylation sites is 3. The molecule has 0 amide bonds. The van der Waals surface area contributed by atoms with E-state index in [1.165, 1.54) is 66.8 Å². The smallest absolute Gasteiger partial charge is 0.123 e. The number of rotatable bonds is 9. The normalized spacial score (nSPS) is 10.6. The predicted octanol–water partition coefficient (Wildman–Crippen LogP) is 27.8. The Morgan fingerprint density at radius 2 is 0.592 bits per heavy atom. The predicted molar refractivity (Wildman–Crippen MR) is 478 cm³/mol. The third kappa shape index (κ3) is 20.2. The van der Waals surface area contributed by atoms with Crippen LogP contribution in [0.3, 0.4) is 0 Å². The molecule has 0 aliphatic heterocycles. The molecule has 0 N–H and O–H groups in total. The Labute approximate surface area is 740 Å². The molecular formula is C108H78Ir3N6O3-6. The van der Waals surface area contributed by atoms with Crippen LogP contribution in [-0.4, -0.2) is 29.9 Å². The molecule has 21 rings (SSSR count). The molecule has 12 heteroatoms. The third-order valence-corrected chi connectivity index (χ3v) is 20.1. The van der Waals surface area contributed by atoms with Crippen LogP contribution in [0.5, 0.6) is 0 Å². The Morgan fingerprint density at radius 3 is 1.02 bits per heavy atom. The summed E-state index contributed by atoms with van der Waals surface area (Å²) in [4.78, 5) is 26.9. The molecule has 12 aromatic carbocycles. The van der Waals surface area contributed by atoms with Crippen LogP contribution in [0.4, 0.5) is 0 Å². The number of benzene rings is 12. The molecule has 21 aromatic rings. The largest absolute Gasteiger partial charge is 0.501 e. The van der Waals surface area contributed by atoms with Crippen molar-refractivity contribution in [2.45, 2.75) is 41.5 Å². The molecule has 9 aromatic heterocycles. The second kappa shape index (κ2) is 40.4. The number of fused-ring (bicyclic) bond motifs is 9. The van der Waals surface area contributed by atoms with Gasteiger partial charge in [-0.25, -0.2) is 0 Å². The van der Waals surface area contributed by atoms with Gasteiger partial charge in [0.1, 0.15) is 16.7 Å². The number of furan rings is 3. The maximum Gasteiger partial charge on any atom is 0.123 e. The van der Waals surface area contributed by atoms with Crippen LogP contribution in [0, 0.1) is 77.9 Å². The van der Waals surface area contributed by atoms with Crippen LogP contribution in [0.15, 0.2) is 378 Å². The van der Waals surface area contributed by atoms with Gasteiger partial charge in [0, 0.05) is 125 Å². The second-order valence-electron chi connectivity index (χ2n) is 28.4. The molecular weight excluding hydrogens is 2010 g/mol. The van der Waals surface area contributed by atoms with Crippen LogP contribution in [0.2, 0.25) is 0 Å². The van der Waals surface area contributed by atoms with Crippen LogP contribution >= 0.6 is 0 Å². The van der Waals surface area contributed by atoms with E-state index in [0.29, 0.717) is 0 Å². The standard InChI is InChI=1S/3C18H12NO.3C18H14N.3Ir/c1-12-9-10-19-16(11-12)15-7-4-6-14-13-5-2-3-8-17(13)20-18(14)15;1-12-8-9-19-16(10-12)13-6-7-18-15(11-13)14-4-2-3-5-17(14)20-18;1-12-8-9-19-16(10-12)13-6-7-15-14-4-2-3-5-17(14)20-18(15)11-13;3*1-14-12-18(16-10-6-3-7-11-16)19-13-17(14)15-8-4-2-5-9-15;;;/h2-6,8-11H,1H3;2*2-5,7-11H,1H3;3*2-10,12-13H,1H3;;;/q6*-1;;;. The minimum absolute atomic E-state index is 0. The van der Waals surface area contributed by atoms with Crippen LogP contribution in [0.25, 0.3) is 167 Å². The molecule has 9 heterocycles. The molecule has 0 spiro atoms. The van der Waals surface area contributed by atoms with E-state index in [2.05, 4.69) is 205 Å². The van der Waals surface area contributed by atoms with E-state index in [1.54, 1.807) is 0 Å². The van der Waals surface area contributed by atoms with Gasteiger partial charge < -0.3 is 43.2 Å². The van der Waals surface area contributed by atoms with Gasteiger partial charge in [-0.15, -0.1) is 167 Å². The molecule has 591 valence electrons. The molecule has 0 saturated heterocycles. The fraction of sp³-hybridized carbons (Fsp3) is 0.0556. The summed E-state index contributed by atoms with van der Waals surface area (Å²) in [6, 6.07) is 129. The monoisotopic (exact) mass is 2090 g/mol. The van der Waals surface area contributed by atoms with Gasteiger partial charge in [0.05, 0.1) is 16.7 Å². The van der Waals surface area contributed by atoms with Crippen LogP contribution in [-0.2, 0) is 60.3 Å². The first-order valence-electron chi connectivity index (χ1n) is 38.7. The second-order valence-corrected chi connectivity index (χ2v) is 28.4. The number of hydrogen-bond donors (Lipinski definition) is 0. The average molecular weight is 2080 g/mol. The minimum atomic E-state index is 0. The number of nitrogens with zero attached hydrogens (tertiary/aromatic N) is 6. The van der Waals surface area contributed by atoms with Crippen molar-refractivity contribution >= 4 is 65.8 Å². The van der Waals surface area contributed by atoms with Gasteiger partial charge >= 0.3 is 0 Å². The van der Waals surface area contributed by atoms with E-state index < -0.39 is 0 Å². The molecule has 0 saturated carbocycles. The van der Waals surface area contributed by atoms with Gasteiger partial charge in [-0.2, -0.15) is 0 Å². The molecule has 0 aliphatic rings. The maximum atomic E-state index is 6.01.